The van der Waals surface area contributed by atoms with E-state index in [9.17, 15) is 9.59 Å². The van der Waals surface area contributed by atoms with E-state index in [-0.39, 0.29) is 11.6 Å². The number of benzene rings is 1. The average Bonchev–Trinajstić information content (AvgIpc) is 2.80. The molecule has 0 saturated carbocycles. The van der Waals surface area contributed by atoms with Gasteiger partial charge in [-0.05, 0) is 0 Å². The Labute approximate surface area is 105 Å². The van der Waals surface area contributed by atoms with Crippen molar-refractivity contribution in [1.29, 1.82) is 0 Å². The van der Waals surface area contributed by atoms with E-state index >= 15 is 0 Å². The summed E-state index contributed by atoms with van der Waals surface area (Å²) in [7, 11) is 1.66. The van der Waals surface area contributed by atoms with Gasteiger partial charge in [0.25, 0.3) is 0 Å². The highest BCUT2D eigenvalue weighted by molar-refractivity contribution is 7.30. The highest BCUT2D eigenvalue weighted by Crippen LogP contribution is 2.30. The monoisotopic (exact) mass is 261 g/mol. The Kier molecular flexibility index (Phi) is 2.31. The van der Waals surface area contributed by atoms with Crippen LogP contribution in [0.4, 0.5) is 0 Å². The topological polar surface area (TPSA) is 46.5 Å². The molecule has 1 aliphatic rings. The third kappa shape index (κ3) is 1.43. The molecule has 0 saturated heterocycles. The third-order valence-electron chi connectivity index (χ3n) is 2.60. The van der Waals surface area contributed by atoms with Gasteiger partial charge >= 0.3 is 0 Å². The first-order valence-corrected chi connectivity index (χ1v) is 6.61. The minimum absolute atomic E-state index is 0.0636. The molecule has 3 nitrogen and oxygen atoms in total. The summed E-state index contributed by atoms with van der Waals surface area (Å²) in [5.74, 6) is -0.127. The van der Waals surface area contributed by atoms with Gasteiger partial charge in [0.2, 0.25) is 11.6 Å². The first-order valence-electron chi connectivity index (χ1n) is 4.97. The van der Waals surface area contributed by atoms with Crippen LogP contribution < -0.4 is 3.98 Å². The minimum atomic E-state index is -0.0636. The van der Waals surface area contributed by atoms with Gasteiger partial charge in [-0.25, -0.2) is 0 Å². The van der Waals surface area contributed by atoms with Crippen LogP contribution in [0.25, 0.3) is 0 Å². The maximum atomic E-state index is 12.2. The lowest BCUT2D eigenvalue weighted by molar-refractivity contribution is 0.0985. The van der Waals surface area contributed by atoms with E-state index in [1.54, 1.807) is 31.3 Å². The molecule has 1 aromatic carbocycles. The highest BCUT2D eigenvalue weighted by atomic mass is 32.2. The van der Waals surface area contributed by atoms with Gasteiger partial charge in [0, 0.05) is 18.2 Å². The van der Waals surface area contributed by atoms with Gasteiger partial charge < -0.3 is 0 Å². The molecule has 17 heavy (non-hydrogen) atoms. The molecule has 0 fully saturated rings. The number of nitrogens with zero attached hydrogens (tertiary/aromatic N) is 1. The Balaban J connectivity index is 2.35. The standard InChI is InChI=1S/C12H7NO2S2/c1-13-12-16-10-8(14)6-4-2-3-5-7(6)9(15)11(10)17-12/h2-5H,1H3. The molecule has 84 valence electrons. The van der Waals surface area contributed by atoms with Crippen LogP contribution in [-0.2, 0) is 0 Å². The molecule has 0 amide bonds. The number of hydrogen-bond donors (Lipinski definition) is 0. The van der Waals surface area contributed by atoms with Gasteiger partial charge in [0.15, 0.2) is 3.98 Å². The van der Waals surface area contributed by atoms with Crippen molar-refractivity contribution in [2.24, 2.45) is 4.99 Å². The van der Waals surface area contributed by atoms with Gasteiger partial charge in [0.1, 0.15) is 0 Å². The van der Waals surface area contributed by atoms with E-state index in [1.807, 2.05) is 0 Å². The van der Waals surface area contributed by atoms with Crippen LogP contribution in [0, 0.1) is 0 Å². The van der Waals surface area contributed by atoms with E-state index in [2.05, 4.69) is 4.99 Å². The summed E-state index contributed by atoms with van der Waals surface area (Å²) in [6, 6.07) is 6.95. The minimum Gasteiger partial charge on any atom is -0.288 e. The molecule has 1 aromatic heterocycles. The van der Waals surface area contributed by atoms with Crippen molar-refractivity contribution >= 4 is 34.2 Å². The van der Waals surface area contributed by atoms with E-state index in [1.165, 1.54) is 22.7 Å². The van der Waals surface area contributed by atoms with Crippen molar-refractivity contribution in [1.82, 2.24) is 0 Å². The van der Waals surface area contributed by atoms with Crippen molar-refractivity contribution in [3.8, 4) is 0 Å². The zero-order chi connectivity index (χ0) is 12.0. The second-order valence-electron chi connectivity index (χ2n) is 3.56. The molecule has 0 aliphatic heterocycles. The molecule has 2 aromatic rings. The van der Waals surface area contributed by atoms with Gasteiger partial charge in [-0.3, -0.25) is 14.6 Å². The van der Waals surface area contributed by atoms with Crippen LogP contribution in [0.15, 0.2) is 29.3 Å². The number of carbonyl (C=O) groups excluding carboxylic acids is 2. The summed E-state index contributed by atoms with van der Waals surface area (Å²) in [5, 5.41) is 0. The molecule has 1 heterocycles. The Morgan fingerprint density at radius 1 is 0.941 bits per heavy atom. The molecule has 3 rings (SSSR count). The second kappa shape index (κ2) is 3.72. The predicted octanol–water partition coefficient (Wildman–Crippen LogP) is 2.12. The molecule has 0 N–H and O–H groups in total. The van der Waals surface area contributed by atoms with Crippen molar-refractivity contribution in [3.05, 3.63) is 49.1 Å². The maximum Gasteiger partial charge on any atom is 0.205 e. The Morgan fingerprint density at radius 3 is 1.82 bits per heavy atom. The highest BCUT2D eigenvalue weighted by Gasteiger charge is 2.31. The van der Waals surface area contributed by atoms with Crippen LogP contribution in [0.3, 0.4) is 0 Å². The summed E-state index contributed by atoms with van der Waals surface area (Å²) in [6.45, 7) is 0. The number of hydrogen-bond acceptors (Lipinski definition) is 5. The lowest BCUT2D eigenvalue weighted by Gasteiger charge is -2.12. The number of carbonyl (C=O) groups is 2. The summed E-state index contributed by atoms with van der Waals surface area (Å²) in [5.41, 5.74) is 1.00. The lowest BCUT2D eigenvalue weighted by atomic mass is 9.93. The first-order chi connectivity index (χ1) is 8.22. The van der Waals surface area contributed by atoms with E-state index < -0.39 is 0 Å². The molecule has 0 bridgehead atoms. The maximum absolute atomic E-state index is 12.2. The van der Waals surface area contributed by atoms with E-state index in [0.717, 1.165) is 3.98 Å². The third-order valence-corrected chi connectivity index (χ3v) is 5.13. The van der Waals surface area contributed by atoms with Crippen molar-refractivity contribution in [2.45, 2.75) is 0 Å². The van der Waals surface area contributed by atoms with Crippen LogP contribution in [0.2, 0.25) is 0 Å². The zero-order valence-electron chi connectivity index (χ0n) is 8.89. The summed E-state index contributed by atoms with van der Waals surface area (Å²) in [4.78, 5) is 29.5. The summed E-state index contributed by atoms with van der Waals surface area (Å²) in [6.07, 6.45) is 0. The molecular weight excluding hydrogens is 254 g/mol. The summed E-state index contributed by atoms with van der Waals surface area (Å²) >= 11 is 2.58. The normalized spacial score (nSPS) is 13.2. The fourth-order valence-corrected chi connectivity index (χ4v) is 4.03. The molecule has 0 atom stereocenters. The Bertz CT molecular complexity index is 654. The van der Waals surface area contributed by atoms with Crippen LogP contribution in [-0.4, -0.2) is 18.6 Å². The molecule has 0 spiro atoms. The zero-order valence-corrected chi connectivity index (χ0v) is 10.5. The molecule has 0 radical (unpaired) electrons. The van der Waals surface area contributed by atoms with Crippen LogP contribution >= 0.6 is 22.7 Å². The van der Waals surface area contributed by atoms with Gasteiger partial charge in [-0.1, -0.05) is 24.3 Å². The van der Waals surface area contributed by atoms with Crippen molar-refractivity contribution in [3.63, 3.8) is 0 Å². The molecular formula is C12H7NO2S2. The number of fused-ring (bicyclic) bond motifs is 2. The Hall–Kier alpha value is -1.59. The van der Waals surface area contributed by atoms with Gasteiger partial charge in [-0.15, -0.1) is 22.7 Å². The fourth-order valence-electron chi connectivity index (χ4n) is 1.80. The van der Waals surface area contributed by atoms with Crippen LogP contribution in [0.1, 0.15) is 30.5 Å². The lowest BCUT2D eigenvalue weighted by Crippen LogP contribution is -2.17. The van der Waals surface area contributed by atoms with Gasteiger partial charge in [-0.2, -0.15) is 0 Å². The second-order valence-corrected chi connectivity index (χ2v) is 5.81. The van der Waals surface area contributed by atoms with Gasteiger partial charge in [0.05, 0.1) is 9.75 Å². The number of ketones is 2. The number of rotatable bonds is 0. The average molecular weight is 261 g/mol. The van der Waals surface area contributed by atoms with E-state index in [4.69, 9.17) is 0 Å². The predicted molar refractivity (Wildman–Crippen MR) is 67.0 cm³/mol. The largest absolute Gasteiger partial charge is 0.288 e. The fraction of sp³-hybridized carbons (Fsp3) is 0.0833. The van der Waals surface area contributed by atoms with E-state index in [0.29, 0.717) is 20.9 Å². The van der Waals surface area contributed by atoms with Crippen LogP contribution in [0.5, 0.6) is 0 Å². The van der Waals surface area contributed by atoms with Crippen molar-refractivity contribution < 1.29 is 9.59 Å². The first kappa shape index (κ1) is 10.6. The molecule has 5 heteroatoms. The van der Waals surface area contributed by atoms with Crippen molar-refractivity contribution in [2.75, 3.05) is 7.05 Å². The molecule has 0 unspecified atom stereocenters. The molecule has 1 aliphatic carbocycles. The smallest absolute Gasteiger partial charge is 0.205 e. The summed E-state index contributed by atoms with van der Waals surface area (Å²) < 4.78 is 0.754. The SMILES string of the molecule is CN=c1sc2c(s1)C(=O)c1ccccc1C2=O. The quantitative estimate of drug-likeness (QED) is 0.622. The Morgan fingerprint density at radius 2 is 1.41 bits per heavy atom.